The molecular weight excluding hydrogens is 240 g/mol. The van der Waals surface area contributed by atoms with Crippen LogP contribution in [0.5, 0.6) is 17.2 Å². The van der Waals surface area contributed by atoms with E-state index >= 15 is 0 Å². The Hall–Kier alpha value is -2.11. The van der Waals surface area contributed by atoms with E-state index in [1.54, 1.807) is 12.1 Å². The molecule has 0 bridgehead atoms. The summed E-state index contributed by atoms with van der Waals surface area (Å²) in [6, 6.07) is 3.46. The van der Waals surface area contributed by atoms with E-state index in [0.717, 1.165) is 5.56 Å². The summed E-state index contributed by atoms with van der Waals surface area (Å²) in [5, 5.41) is 0. The van der Waals surface area contributed by atoms with Crippen molar-refractivity contribution in [3.8, 4) is 17.2 Å². The van der Waals surface area contributed by atoms with Crippen molar-refractivity contribution in [2.75, 3.05) is 27.9 Å². The van der Waals surface area contributed by atoms with Crippen LogP contribution < -0.4 is 14.2 Å². The molecule has 0 amide bonds. The maximum absolute atomic E-state index is 10.9. The molecule has 0 aliphatic carbocycles. The first-order chi connectivity index (χ1) is 8.69. The summed E-state index contributed by atoms with van der Waals surface area (Å²) in [6.07, 6.45) is -1.13. The predicted molar refractivity (Wildman–Crippen MR) is 61.3 cm³/mol. The van der Waals surface area contributed by atoms with Crippen LogP contribution in [0.1, 0.15) is 11.7 Å². The van der Waals surface area contributed by atoms with Crippen molar-refractivity contribution in [3.63, 3.8) is 0 Å². The minimum absolute atomic E-state index is 0.178. The summed E-state index contributed by atoms with van der Waals surface area (Å²) in [5.74, 6) is 1.51. The van der Waals surface area contributed by atoms with Gasteiger partial charge in [0.1, 0.15) is 6.61 Å². The van der Waals surface area contributed by atoms with Crippen LogP contribution in [0.25, 0.3) is 0 Å². The molecule has 0 aromatic heterocycles. The van der Waals surface area contributed by atoms with Crippen molar-refractivity contribution in [1.82, 2.24) is 0 Å². The van der Waals surface area contributed by atoms with Gasteiger partial charge in [0.15, 0.2) is 17.6 Å². The molecule has 18 heavy (non-hydrogen) atoms. The Morgan fingerprint density at radius 2 is 1.72 bits per heavy atom. The molecule has 6 nitrogen and oxygen atoms in total. The van der Waals surface area contributed by atoms with Gasteiger partial charge in [0.2, 0.25) is 5.75 Å². The lowest BCUT2D eigenvalue weighted by Crippen LogP contribution is -2.03. The van der Waals surface area contributed by atoms with Crippen LogP contribution in [-0.4, -0.2) is 34.1 Å². The molecule has 1 unspecified atom stereocenters. The van der Waals surface area contributed by atoms with Crippen molar-refractivity contribution in [3.05, 3.63) is 17.7 Å². The Labute approximate surface area is 104 Å². The number of hydrogen-bond acceptors (Lipinski definition) is 6. The number of benzene rings is 1. The number of ether oxygens (including phenoxy) is 5. The van der Waals surface area contributed by atoms with Gasteiger partial charge < -0.3 is 23.7 Å². The number of carbonyl (C=O) groups is 1. The minimum atomic E-state index is -0.672. The zero-order chi connectivity index (χ0) is 13.1. The predicted octanol–water partition coefficient (Wildman–Crippen LogP) is 1.92. The highest BCUT2D eigenvalue weighted by Crippen LogP contribution is 2.40. The fourth-order valence-corrected chi connectivity index (χ4v) is 1.78. The summed E-state index contributed by atoms with van der Waals surface area (Å²) >= 11 is 0. The average Bonchev–Trinajstić information content (AvgIpc) is 2.83. The van der Waals surface area contributed by atoms with E-state index in [2.05, 4.69) is 0 Å². The molecule has 98 valence electrons. The number of cyclic esters (lactones) is 2. The van der Waals surface area contributed by atoms with E-state index in [1.807, 2.05) is 0 Å². The van der Waals surface area contributed by atoms with Crippen molar-refractivity contribution >= 4 is 6.16 Å². The standard InChI is InChI=1S/C12H14O6/c1-14-8-4-7(10-6-17-12(13)18-10)5-9(15-2)11(8)16-3/h4-5,10H,6H2,1-3H3. The number of hydrogen-bond donors (Lipinski definition) is 0. The second kappa shape index (κ2) is 5.03. The largest absolute Gasteiger partial charge is 0.509 e. The summed E-state index contributed by atoms with van der Waals surface area (Å²) in [6.45, 7) is 0.178. The Bertz CT molecular complexity index is 431. The second-order valence-corrected chi connectivity index (χ2v) is 3.63. The molecule has 1 aliphatic rings. The quantitative estimate of drug-likeness (QED) is 0.765. The van der Waals surface area contributed by atoms with Gasteiger partial charge in [0, 0.05) is 5.56 Å². The van der Waals surface area contributed by atoms with Crippen molar-refractivity contribution in [2.24, 2.45) is 0 Å². The van der Waals surface area contributed by atoms with Gasteiger partial charge in [-0.1, -0.05) is 0 Å². The summed E-state index contributed by atoms with van der Waals surface area (Å²) in [4.78, 5) is 10.9. The maximum atomic E-state index is 10.9. The smallest absolute Gasteiger partial charge is 0.493 e. The third kappa shape index (κ3) is 2.13. The van der Waals surface area contributed by atoms with Crippen LogP contribution in [0.4, 0.5) is 4.79 Å². The first kappa shape index (κ1) is 12.3. The van der Waals surface area contributed by atoms with Gasteiger partial charge in [-0.3, -0.25) is 0 Å². The van der Waals surface area contributed by atoms with Gasteiger partial charge >= 0.3 is 6.16 Å². The highest BCUT2D eigenvalue weighted by molar-refractivity contribution is 5.63. The lowest BCUT2D eigenvalue weighted by atomic mass is 10.1. The Kier molecular flexibility index (Phi) is 3.45. The van der Waals surface area contributed by atoms with Gasteiger partial charge in [-0.05, 0) is 12.1 Å². The molecule has 1 atom stereocenters. The first-order valence-corrected chi connectivity index (χ1v) is 5.33. The van der Waals surface area contributed by atoms with Gasteiger partial charge in [-0.2, -0.15) is 0 Å². The van der Waals surface area contributed by atoms with Crippen LogP contribution in [0, 0.1) is 0 Å². The normalized spacial score (nSPS) is 17.9. The van der Waals surface area contributed by atoms with Crippen LogP contribution in [-0.2, 0) is 9.47 Å². The zero-order valence-corrected chi connectivity index (χ0v) is 10.4. The Balaban J connectivity index is 2.40. The van der Waals surface area contributed by atoms with E-state index in [0.29, 0.717) is 17.2 Å². The summed E-state index contributed by atoms with van der Waals surface area (Å²) < 4.78 is 25.4. The number of methoxy groups -OCH3 is 3. The summed E-state index contributed by atoms with van der Waals surface area (Å²) in [7, 11) is 4.58. The van der Waals surface area contributed by atoms with E-state index in [-0.39, 0.29) is 6.61 Å². The van der Waals surface area contributed by atoms with Crippen LogP contribution in [0.15, 0.2) is 12.1 Å². The Morgan fingerprint density at radius 1 is 1.11 bits per heavy atom. The lowest BCUT2D eigenvalue weighted by Gasteiger charge is -2.15. The van der Waals surface area contributed by atoms with Crippen LogP contribution in [0.2, 0.25) is 0 Å². The molecule has 0 spiro atoms. The van der Waals surface area contributed by atoms with Gasteiger partial charge in [-0.25, -0.2) is 4.79 Å². The van der Waals surface area contributed by atoms with E-state index in [9.17, 15) is 4.79 Å². The first-order valence-electron chi connectivity index (χ1n) is 5.33. The van der Waals surface area contributed by atoms with E-state index < -0.39 is 12.3 Å². The van der Waals surface area contributed by atoms with Gasteiger partial charge in [0.05, 0.1) is 21.3 Å². The fourth-order valence-electron chi connectivity index (χ4n) is 1.78. The Morgan fingerprint density at radius 3 is 2.11 bits per heavy atom. The molecule has 1 aromatic carbocycles. The number of rotatable bonds is 4. The van der Waals surface area contributed by atoms with Gasteiger partial charge in [0.25, 0.3) is 0 Å². The maximum Gasteiger partial charge on any atom is 0.509 e. The third-order valence-corrected chi connectivity index (χ3v) is 2.65. The topological polar surface area (TPSA) is 63.2 Å². The van der Waals surface area contributed by atoms with E-state index in [1.165, 1.54) is 21.3 Å². The monoisotopic (exact) mass is 254 g/mol. The molecule has 2 rings (SSSR count). The molecule has 0 radical (unpaired) electrons. The molecule has 1 aliphatic heterocycles. The van der Waals surface area contributed by atoms with Crippen LogP contribution >= 0.6 is 0 Å². The molecule has 1 heterocycles. The van der Waals surface area contributed by atoms with Crippen LogP contribution in [0.3, 0.4) is 0 Å². The van der Waals surface area contributed by atoms with Crippen molar-refractivity contribution in [1.29, 1.82) is 0 Å². The molecule has 0 N–H and O–H groups in total. The molecule has 0 saturated carbocycles. The lowest BCUT2D eigenvalue weighted by molar-refractivity contribution is 0.118. The molecule has 1 aromatic rings. The van der Waals surface area contributed by atoms with Crippen molar-refractivity contribution in [2.45, 2.75) is 6.10 Å². The average molecular weight is 254 g/mol. The minimum Gasteiger partial charge on any atom is -0.493 e. The third-order valence-electron chi connectivity index (χ3n) is 2.65. The van der Waals surface area contributed by atoms with Gasteiger partial charge in [-0.15, -0.1) is 0 Å². The van der Waals surface area contributed by atoms with E-state index in [4.69, 9.17) is 23.7 Å². The number of carbonyl (C=O) groups excluding carboxylic acids is 1. The molecule has 1 fully saturated rings. The molecule has 1 saturated heterocycles. The second-order valence-electron chi connectivity index (χ2n) is 3.63. The van der Waals surface area contributed by atoms with Crippen molar-refractivity contribution < 1.29 is 28.5 Å². The highest BCUT2D eigenvalue weighted by atomic mass is 16.8. The fraction of sp³-hybridized carbons (Fsp3) is 0.417. The summed E-state index contributed by atoms with van der Waals surface area (Å²) in [5.41, 5.74) is 0.732. The molecular formula is C12H14O6. The zero-order valence-electron chi connectivity index (χ0n) is 10.4. The molecule has 6 heteroatoms. The highest BCUT2D eigenvalue weighted by Gasteiger charge is 2.28. The SMILES string of the molecule is COc1cc(C2COC(=O)O2)cc(OC)c1OC.